The third kappa shape index (κ3) is 2.16. The number of rotatable bonds is 1. The lowest BCUT2D eigenvalue weighted by molar-refractivity contribution is 1.44. The lowest BCUT2D eigenvalue weighted by atomic mass is 10.0. The molecule has 0 bridgehead atoms. The number of hydrogen-bond donors (Lipinski definition) is 2. The molecule has 0 aliphatic heterocycles. The fraction of sp³-hybridized carbons (Fsp3) is 0.143. The van der Waals surface area contributed by atoms with Crippen LogP contribution in [0.5, 0.6) is 0 Å². The van der Waals surface area contributed by atoms with Crippen LogP contribution in [0.2, 0.25) is 0 Å². The van der Waals surface area contributed by atoms with Crippen LogP contribution >= 0.6 is 0 Å². The number of anilines is 2. The molecule has 0 atom stereocenters. The highest BCUT2D eigenvalue weighted by Crippen LogP contribution is 2.26. The normalized spacial score (nSPS) is 10.4. The van der Waals surface area contributed by atoms with E-state index in [0.29, 0.717) is 0 Å². The fourth-order valence-electron chi connectivity index (χ4n) is 1.96. The van der Waals surface area contributed by atoms with Gasteiger partial charge in [0, 0.05) is 11.4 Å². The molecule has 0 saturated heterocycles. The molecule has 0 fully saturated rings. The Hall–Kier alpha value is -1.96. The number of benzene rings is 2. The average Bonchev–Trinajstić information content (AvgIpc) is 2.14. The van der Waals surface area contributed by atoms with Gasteiger partial charge in [0.25, 0.3) is 0 Å². The van der Waals surface area contributed by atoms with E-state index in [1.807, 2.05) is 38.1 Å². The van der Waals surface area contributed by atoms with Crippen LogP contribution < -0.4 is 11.5 Å². The van der Waals surface area contributed by atoms with Gasteiger partial charge in [0.15, 0.2) is 0 Å². The summed E-state index contributed by atoms with van der Waals surface area (Å²) in [4.78, 5) is 0. The van der Waals surface area contributed by atoms with Gasteiger partial charge in [-0.1, -0.05) is 12.1 Å². The maximum atomic E-state index is 5.84. The molecule has 82 valence electrons. The Kier molecular flexibility index (Phi) is 2.57. The molecule has 2 aromatic rings. The Labute approximate surface area is 95.9 Å². The monoisotopic (exact) mass is 212 g/mol. The highest BCUT2D eigenvalue weighted by Gasteiger charge is 2.01. The SMILES string of the molecule is Cc1cc(N)cc(-c2cc(C)cc(N)c2)c1. The standard InChI is InChI=1S/C14H16N2/c1-9-3-11(7-13(15)5-9)12-4-10(2)6-14(16)8-12/h3-8H,15-16H2,1-2H3. The van der Waals surface area contributed by atoms with E-state index in [2.05, 4.69) is 12.1 Å². The molecule has 4 N–H and O–H groups in total. The Balaban J connectivity index is 2.57. The van der Waals surface area contributed by atoms with E-state index in [1.54, 1.807) is 0 Å². The van der Waals surface area contributed by atoms with Crippen molar-refractivity contribution in [3.05, 3.63) is 47.5 Å². The first-order chi connectivity index (χ1) is 7.54. The van der Waals surface area contributed by atoms with Gasteiger partial charge in [0.05, 0.1) is 0 Å². The topological polar surface area (TPSA) is 52.0 Å². The molecule has 0 aliphatic rings. The van der Waals surface area contributed by atoms with Crippen molar-refractivity contribution in [3.8, 4) is 11.1 Å². The molecule has 0 aromatic heterocycles. The molecule has 2 nitrogen and oxygen atoms in total. The summed E-state index contributed by atoms with van der Waals surface area (Å²) in [5, 5.41) is 0. The minimum Gasteiger partial charge on any atom is -0.399 e. The molecule has 0 amide bonds. The van der Waals surface area contributed by atoms with E-state index in [4.69, 9.17) is 11.5 Å². The molecular formula is C14H16N2. The quantitative estimate of drug-likeness (QED) is 0.713. The second-order valence-corrected chi connectivity index (χ2v) is 4.26. The van der Waals surface area contributed by atoms with E-state index >= 15 is 0 Å². The summed E-state index contributed by atoms with van der Waals surface area (Å²) in [7, 11) is 0. The van der Waals surface area contributed by atoms with Gasteiger partial charge in [-0.05, 0) is 60.4 Å². The van der Waals surface area contributed by atoms with Crippen LogP contribution in [0.4, 0.5) is 11.4 Å². The highest BCUT2D eigenvalue weighted by molar-refractivity contribution is 5.72. The Morgan fingerprint density at radius 3 is 1.31 bits per heavy atom. The summed E-state index contributed by atoms with van der Waals surface area (Å²) in [6.07, 6.45) is 0. The van der Waals surface area contributed by atoms with Gasteiger partial charge in [-0.15, -0.1) is 0 Å². The van der Waals surface area contributed by atoms with Crippen molar-refractivity contribution >= 4 is 11.4 Å². The predicted molar refractivity (Wildman–Crippen MR) is 70.2 cm³/mol. The number of hydrogen-bond acceptors (Lipinski definition) is 2. The van der Waals surface area contributed by atoms with Gasteiger partial charge >= 0.3 is 0 Å². The van der Waals surface area contributed by atoms with Gasteiger partial charge in [-0.3, -0.25) is 0 Å². The van der Waals surface area contributed by atoms with Gasteiger partial charge in [-0.2, -0.15) is 0 Å². The summed E-state index contributed by atoms with van der Waals surface area (Å²) >= 11 is 0. The molecule has 2 heteroatoms. The van der Waals surface area contributed by atoms with Crippen molar-refractivity contribution in [1.29, 1.82) is 0 Å². The van der Waals surface area contributed by atoms with Gasteiger partial charge in [0.2, 0.25) is 0 Å². The number of aryl methyl sites for hydroxylation is 2. The van der Waals surface area contributed by atoms with E-state index in [0.717, 1.165) is 33.6 Å². The van der Waals surface area contributed by atoms with Crippen molar-refractivity contribution in [2.45, 2.75) is 13.8 Å². The molecule has 0 heterocycles. The van der Waals surface area contributed by atoms with E-state index in [1.165, 1.54) is 0 Å². The third-order valence-corrected chi connectivity index (χ3v) is 2.53. The molecule has 2 rings (SSSR count). The van der Waals surface area contributed by atoms with Crippen LogP contribution in [0.25, 0.3) is 11.1 Å². The summed E-state index contributed by atoms with van der Waals surface area (Å²) < 4.78 is 0. The predicted octanol–water partition coefficient (Wildman–Crippen LogP) is 3.13. The Morgan fingerprint density at radius 2 is 1.00 bits per heavy atom. The molecule has 2 aromatic carbocycles. The van der Waals surface area contributed by atoms with Crippen molar-refractivity contribution < 1.29 is 0 Å². The summed E-state index contributed by atoms with van der Waals surface area (Å²) in [6, 6.07) is 12.1. The average molecular weight is 212 g/mol. The summed E-state index contributed by atoms with van der Waals surface area (Å²) in [5.41, 5.74) is 17.8. The van der Waals surface area contributed by atoms with Crippen molar-refractivity contribution in [2.24, 2.45) is 0 Å². The molecule has 0 radical (unpaired) electrons. The first-order valence-corrected chi connectivity index (χ1v) is 5.29. The second-order valence-electron chi connectivity index (χ2n) is 4.26. The van der Waals surface area contributed by atoms with E-state index < -0.39 is 0 Å². The summed E-state index contributed by atoms with van der Waals surface area (Å²) in [5.74, 6) is 0. The van der Waals surface area contributed by atoms with Crippen LogP contribution in [0.3, 0.4) is 0 Å². The third-order valence-electron chi connectivity index (χ3n) is 2.53. The zero-order valence-corrected chi connectivity index (χ0v) is 9.62. The van der Waals surface area contributed by atoms with E-state index in [9.17, 15) is 0 Å². The van der Waals surface area contributed by atoms with Gasteiger partial charge in [0.1, 0.15) is 0 Å². The molecule has 0 saturated carbocycles. The van der Waals surface area contributed by atoms with Crippen LogP contribution in [0, 0.1) is 13.8 Å². The van der Waals surface area contributed by atoms with Crippen LogP contribution in [0.1, 0.15) is 11.1 Å². The molecule has 0 unspecified atom stereocenters. The van der Waals surface area contributed by atoms with Gasteiger partial charge in [-0.25, -0.2) is 0 Å². The van der Waals surface area contributed by atoms with Crippen molar-refractivity contribution in [2.75, 3.05) is 11.5 Å². The largest absolute Gasteiger partial charge is 0.399 e. The Morgan fingerprint density at radius 1 is 0.625 bits per heavy atom. The fourth-order valence-corrected chi connectivity index (χ4v) is 1.96. The van der Waals surface area contributed by atoms with Gasteiger partial charge < -0.3 is 11.5 Å². The first kappa shape index (κ1) is 10.6. The highest BCUT2D eigenvalue weighted by atomic mass is 14.5. The minimum absolute atomic E-state index is 0.787. The van der Waals surface area contributed by atoms with Crippen molar-refractivity contribution in [3.63, 3.8) is 0 Å². The zero-order chi connectivity index (χ0) is 11.7. The van der Waals surface area contributed by atoms with Crippen molar-refractivity contribution in [1.82, 2.24) is 0 Å². The summed E-state index contributed by atoms with van der Waals surface area (Å²) in [6.45, 7) is 4.08. The lowest BCUT2D eigenvalue weighted by Crippen LogP contribution is -1.90. The van der Waals surface area contributed by atoms with Crippen LogP contribution in [-0.4, -0.2) is 0 Å². The first-order valence-electron chi connectivity index (χ1n) is 5.29. The minimum atomic E-state index is 0.787. The molecular weight excluding hydrogens is 196 g/mol. The number of nitrogen functional groups attached to an aromatic ring is 2. The maximum Gasteiger partial charge on any atom is 0.0322 e. The number of nitrogens with two attached hydrogens (primary N) is 2. The zero-order valence-electron chi connectivity index (χ0n) is 9.62. The van der Waals surface area contributed by atoms with Crippen LogP contribution in [0.15, 0.2) is 36.4 Å². The smallest absolute Gasteiger partial charge is 0.0322 e. The maximum absolute atomic E-state index is 5.84. The molecule has 16 heavy (non-hydrogen) atoms. The Bertz CT molecular complexity index is 440. The molecule has 0 aliphatic carbocycles. The lowest BCUT2D eigenvalue weighted by Gasteiger charge is -2.07. The van der Waals surface area contributed by atoms with Crippen LogP contribution in [-0.2, 0) is 0 Å². The molecule has 0 spiro atoms. The van der Waals surface area contributed by atoms with E-state index in [-0.39, 0.29) is 0 Å². The second kappa shape index (κ2) is 3.89.